The molecule has 4 nitrogen and oxygen atoms in total. The smallest absolute Gasteiger partial charge is 0.311 e. The van der Waals surface area contributed by atoms with Crippen LogP contribution in [0, 0.1) is 0 Å². The van der Waals surface area contributed by atoms with Gasteiger partial charge in [0.05, 0.1) is 4.47 Å². The minimum absolute atomic E-state index is 0.241. The maximum Gasteiger partial charge on any atom is 0.311 e. The lowest BCUT2D eigenvalue weighted by Crippen LogP contribution is -2.09. The Labute approximate surface area is 141 Å². The Kier molecular flexibility index (Phi) is 4.55. The van der Waals surface area contributed by atoms with Gasteiger partial charge in [0.25, 0.3) is 0 Å². The summed E-state index contributed by atoms with van der Waals surface area (Å²) in [5.74, 6) is 1.60. The van der Waals surface area contributed by atoms with Crippen molar-refractivity contribution in [1.82, 2.24) is 0 Å². The number of halogens is 2. The van der Waals surface area contributed by atoms with Crippen LogP contribution in [-0.2, 0) is 11.2 Å². The fourth-order valence-corrected chi connectivity index (χ4v) is 2.84. The first-order chi connectivity index (χ1) is 10.6. The molecule has 114 valence electrons. The SMILES string of the molecule is O=C(CCc1ccc2c(c1)OCO2)Oc1ccc(Cl)cc1Br. The molecule has 0 unspecified atom stereocenters. The molecule has 0 N–H and O–H groups in total. The summed E-state index contributed by atoms with van der Waals surface area (Å²) < 4.78 is 16.5. The number of fused-ring (bicyclic) bond motifs is 1. The highest BCUT2D eigenvalue weighted by Crippen LogP contribution is 2.33. The van der Waals surface area contributed by atoms with Gasteiger partial charge in [0.15, 0.2) is 11.5 Å². The second kappa shape index (κ2) is 6.58. The second-order valence-corrected chi connectivity index (χ2v) is 6.03. The monoisotopic (exact) mass is 382 g/mol. The Balaban J connectivity index is 1.58. The van der Waals surface area contributed by atoms with Crippen molar-refractivity contribution in [1.29, 1.82) is 0 Å². The Morgan fingerprint density at radius 2 is 2.00 bits per heavy atom. The standard InChI is InChI=1S/C16H12BrClO4/c17-12-8-11(18)3-5-13(12)22-16(19)6-2-10-1-4-14-15(7-10)21-9-20-14/h1,3-5,7-8H,2,6,9H2. The van der Waals surface area contributed by atoms with Crippen LogP contribution in [0.25, 0.3) is 0 Å². The number of hydrogen-bond donors (Lipinski definition) is 0. The molecule has 2 aromatic carbocycles. The van der Waals surface area contributed by atoms with E-state index in [0.717, 1.165) is 11.3 Å². The molecule has 1 heterocycles. The van der Waals surface area contributed by atoms with Crippen LogP contribution in [-0.4, -0.2) is 12.8 Å². The van der Waals surface area contributed by atoms with Gasteiger partial charge in [0, 0.05) is 11.4 Å². The lowest BCUT2D eigenvalue weighted by Gasteiger charge is -2.07. The van der Waals surface area contributed by atoms with E-state index >= 15 is 0 Å². The third-order valence-corrected chi connectivity index (χ3v) is 4.03. The molecular weight excluding hydrogens is 372 g/mol. The molecule has 22 heavy (non-hydrogen) atoms. The van der Waals surface area contributed by atoms with Crippen molar-refractivity contribution in [2.24, 2.45) is 0 Å². The third-order valence-electron chi connectivity index (χ3n) is 3.17. The van der Waals surface area contributed by atoms with Crippen LogP contribution in [0.3, 0.4) is 0 Å². The normalized spacial score (nSPS) is 12.3. The average molecular weight is 384 g/mol. The molecule has 2 aromatic rings. The molecule has 0 spiro atoms. The molecular formula is C16H12BrClO4. The van der Waals surface area contributed by atoms with Crippen molar-refractivity contribution in [2.45, 2.75) is 12.8 Å². The molecule has 0 saturated heterocycles. The van der Waals surface area contributed by atoms with Crippen molar-refractivity contribution < 1.29 is 19.0 Å². The summed E-state index contributed by atoms with van der Waals surface area (Å²) in [6.07, 6.45) is 0.843. The lowest BCUT2D eigenvalue weighted by atomic mass is 10.1. The summed E-state index contributed by atoms with van der Waals surface area (Å²) in [5, 5.41) is 0.576. The van der Waals surface area contributed by atoms with Gasteiger partial charge in [0.2, 0.25) is 6.79 Å². The Bertz CT molecular complexity index is 717. The first-order valence-electron chi connectivity index (χ1n) is 6.66. The quantitative estimate of drug-likeness (QED) is 0.581. The number of rotatable bonds is 4. The average Bonchev–Trinajstić information content (AvgIpc) is 2.95. The van der Waals surface area contributed by atoms with Crippen molar-refractivity contribution >= 4 is 33.5 Å². The van der Waals surface area contributed by atoms with Crippen LogP contribution in [0.15, 0.2) is 40.9 Å². The van der Waals surface area contributed by atoms with E-state index in [4.69, 9.17) is 25.8 Å². The van der Waals surface area contributed by atoms with Crippen LogP contribution < -0.4 is 14.2 Å². The Morgan fingerprint density at radius 3 is 2.82 bits per heavy atom. The molecule has 0 atom stereocenters. The van der Waals surface area contributed by atoms with E-state index in [-0.39, 0.29) is 19.2 Å². The van der Waals surface area contributed by atoms with E-state index in [9.17, 15) is 4.79 Å². The summed E-state index contributed by atoms with van der Waals surface area (Å²) in [7, 11) is 0. The van der Waals surface area contributed by atoms with E-state index in [0.29, 0.717) is 27.4 Å². The zero-order chi connectivity index (χ0) is 15.5. The summed E-state index contributed by atoms with van der Waals surface area (Å²) >= 11 is 9.16. The number of aryl methyl sites for hydroxylation is 1. The number of hydrogen-bond acceptors (Lipinski definition) is 4. The minimum Gasteiger partial charge on any atom is -0.454 e. The van der Waals surface area contributed by atoms with Gasteiger partial charge in [-0.05, 0) is 58.2 Å². The molecule has 0 bridgehead atoms. The molecule has 0 saturated carbocycles. The maximum absolute atomic E-state index is 11.9. The Morgan fingerprint density at radius 1 is 1.18 bits per heavy atom. The number of ether oxygens (including phenoxy) is 3. The minimum atomic E-state index is -0.305. The summed E-state index contributed by atoms with van der Waals surface area (Å²) in [5.41, 5.74) is 0.997. The molecule has 6 heteroatoms. The van der Waals surface area contributed by atoms with Gasteiger partial charge in [-0.15, -0.1) is 0 Å². The van der Waals surface area contributed by atoms with Crippen LogP contribution in [0.4, 0.5) is 0 Å². The topological polar surface area (TPSA) is 44.8 Å². The van der Waals surface area contributed by atoms with Gasteiger partial charge in [-0.3, -0.25) is 4.79 Å². The molecule has 0 aromatic heterocycles. The van der Waals surface area contributed by atoms with Crippen LogP contribution >= 0.6 is 27.5 Å². The highest BCUT2D eigenvalue weighted by molar-refractivity contribution is 9.10. The van der Waals surface area contributed by atoms with E-state index in [1.165, 1.54) is 0 Å². The summed E-state index contributed by atoms with van der Waals surface area (Å²) in [6, 6.07) is 10.7. The van der Waals surface area contributed by atoms with Crippen molar-refractivity contribution in [3.8, 4) is 17.2 Å². The summed E-state index contributed by atoms with van der Waals surface area (Å²) in [4.78, 5) is 11.9. The Hall–Kier alpha value is -1.72. The molecule has 1 aliphatic heterocycles. The predicted octanol–water partition coefficient (Wildman–Crippen LogP) is 4.37. The molecule has 0 radical (unpaired) electrons. The van der Waals surface area contributed by atoms with Crippen LogP contribution in [0.5, 0.6) is 17.2 Å². The number of carbonyl (C=O) groups is 1. The van der Waals surface area contributed by atoms with Crippen LogP contribution in [0.2, 0.25) is 5.02 Å². The van der Waals surface area contributed by atoms with Crippen molar-refractivity contribution in [2.75, 3.05) is 6.79 Å². The highest BCUT2D eigenvalue weighted by Gasteiger charge is 2.14. The van der Waals surface area contributed by atoms with Gasteiger partial charge in [-0.25, -0.2) is 0 Å². The first-order valence-corrected chi connectivity index (χ1v) is 7.83. The van der Waals surface area contributed by atoms with Crippen molar-refractivity contribution in [3.63, 3.8) is 0 Å². The maximum atomic E-state index is 11.9. The van der Waals surface area contributed by atoms with Gasteiger partial charge in [0.1, 0.15) is 5.75 Å². The second-order valence-electron chi connectivity index (χ2n) is 4.74. The van der Waals surface area contributed by atoms with E-state index in [1.54, 1.807) is 18.2 Å². The molecule has 0 aliphatic carbocycles. The first kappa shape index (κ1) is 15.2. The van der Waals surface area contributed by atoms with Gasteiger partial charge in [-0.1, -0.05) is 17.7 Å². The molecule has 1 aliphatic rings. The highest BCUT2D eigenvalue weighted by atomic mass is 79.9. The van der Waals surface area contributed by atoms with E-state index < -0.39 is 0 Å². The zero-order valence-electron chi connectivity index (χ0n) is 11.5. The third kappa shape index (κ3) is 3.54. The molecule has 0 amide bonds. The van der Waals surface area contributed by atoms with Crippen molar-refractivity contribution in [3.05, 3.63) is 51.5 Å². The number of carbonyl (C=O) groups excluding carboxylic acids is 1. The van der Waals surface area contributed by atoms with E-state index in [2.05, 4.69) is 15.9 Å². The lowest BCUT2D eigenvalue weighted by molar-refractivity contribution is -0.134. The fourth-order valence-electron chi connectivity index (χ4n) is 2.07. The van der Waals surface area contributed by atoms with E-state index in [1.807, 2.05) is 18.2 Å². The molecule has 0 fully saturated rings. The van der Waals surface area contributed by atoms with Gasteiger partial charge >= 0.3 is 5.97 Å². The fraction of sp³-hybridized carbons (Fsp3) is 0.188. The largest absolute Gasteiger partial charge is 0.454 e. The zero-order valence-corrected chi connectivity index (χ0v) is 13.8. The molecule has 3 rings (SSSR count). The van der Waals surface area contributed by atoms with Gasteiger partial charge in [-0.2, -0.15) is 0 Å². The number of esters is 1. The number of benzene rings is 2. The predicted molar refractivity (Wildman–Crippen MR) is 85.7 cm³/mol. The summed E-state index contributed by atoms with van der Waals surface area (Å²) in [6.45, 7) is 0.241. The van der Waals surface area contributed by atoms with Crippen LogP contribution in [0.1, 0.15) is 12.0 Å². The van der Waals surface area contributed by atoms with Gasteiger partial charge < -0.3 is 14.2 Å².